The van der Waals surface area contributed by atoms with Gasteiger partial charge in [0, 0.05) is 0 Å². The third-order valence-electron chi connectivity index (χ3n) is 4.45. The van der Waals surface area contributed by atoms with E-state index < -0.39 is 5.60 Å². The van der Waals surface area contributed by atoms with Crippen LogP contribution in [0.25, 0.3) is 0 Å². The summed E-state index contributed by atoms with van der Waals surface area (Å²) in [5, 5.41) is 11.0. The van der Waals surface area contributed by atoms with Crippen LogP contribution in [0.2, 0.25) is 0 Å². The summed E-state index contributed by atoms with van der Waals surface area (Å²) >= 11 is 0. The zero-order chi connectivity index (χ0) is 12.5. The summed E-state index contributed by atoms with van der Waals surface area (Å²) in [5.41, 5.74) is 1.93. The molecule has 0 saturated heterocycles. The molecule has 2 rings (SSSR count). The molecule has 94 valence electrons. The minimum Gasteiger partial charge on any atom is -0.385 e. The highest BCUT2D eigenvalue weighted by molar-refractivity contribution is 5.37. The molecule has 1 nitrogen and oxygen atoms in total. The van der Waals surface area contributed by atoms with Gasteiger partial charge in [0.15, 0.2) is 0 Å². The molecule has 3 unspecified atom stereocenters. The van der Waals surface area contributed by atoms with Crippen LogP contribution >= 0.6 is 0 Å². The monoisotopic (exact) mass is 232 g/mol. The van der Waals surface area contributed by atoms with Crippen molar-refractivity contribution in [2.75, 3.05) is 0 Å². The molecule has 0 fully saturated rings. The molecule has 1 aliphatic carbocycles. The third kappa shape index (κ3) is 2.13. The second-order valence-electron chi connectivity index (χ2n) is 5.64. The molecular weight excluding hydrogens is 208 g/mol. The summed E-state index contributed by atoms with van der Waals surface area (Å²) in [6.45, 7) is 6.65. The average Bonchev–Trinajstić information content (AvgIpc) is 2.35. The number of benzene rings is 1. The smallest absolute Gasteiger partial charge is 0.0924 e. The van der Waals surface area contributed by atoms with Gasteiger partial charge in [0.05, 0.1) is 5.60 Å². The molecule has 0 radical (unpaired) electrons. The lowest BCUT2D eigenvalue weighted by Gasteiger charge is -2.41. The van der Waals surface area contributed by atoms with Crippen molar-refractivity contribution in [2.45, 2.75) is 58.0 Å². The fourth-order valence-corrected chi connectivity index (χ4v) is 3.23. The normalized spacial score (nSPS) is 29.8. The molecule has 1 heteroatoms. The number of rotatable bonds is 3. The minimum absolute atomic E-state index is 0.348. The van der Waals surface area contributed by atoms with Gasteiger partial charge in [0.25, 0.3) is 0 Å². The van der Waals surface area contributed by atoms with Gasteiger partial charge in [0.2, 0.25) is 0 Å². The van der Waals surface area contributed by atoms with E-state index in [1.165, 1.54) is 11.1 Å². The van der Waals surface area contributed by atoms with Gasteiger partial charge in [-0.15, -0.1) is 0 Å². The lowest BCUT2D eigenvalue weighted by atomic mass is 9.68. The molecular formula is C16H24O. The Morgan fingerprint density at radius 2 is 2.12 bits per heavy atom. The van der Waals surface area contributed by atoms with Crippen LogP contribution in [0, 0.1) is 5.92 Å². The first kappa shape index (κ1) is 12.6. The SMILES string of the molecule is CCCC(C)C1(O)CCC(C)c2ccccc21. The van der Waals surface area contributed by atoms with Gasteiger partial charge in [-0.1, -0.05) is 51.5 Å². The summed E-state index contributed by atoms with van der Waals surface area (Å²) in [6.07, 6.45) is 4.24. The fraction of sp³-hybridized carbons (Fsp3) is 0.625. The Bertz CT molecular complexity index is 385. The Morgan fingerprint density at radius 1 is 1.41 bits per heavy atom. The molecule has 1 aromatic carbocycles. The number of aliphatic hydroxyl groups is 1. The Balaban J connectivity index is 2.41. The summed E-state index contributed by atoms with van der Waals surface area (Å²) in [5.74, 6) is 0.932. The van der Waals surface area contributed by atoms with Crippen LogP contribution < -0.4 is 0 Å². The van der Waals surface area contributed by atoms with E-state index in [-0.39, 0.29) is 0 Å². The van der Waals surface area contributed by atoms with E-state index in [4.69, 9.17) is 0 Å². The van der Waals surface area contributed by atoms with Crippen molar-refractivity contribution in [3.05, 3.63) is 35.4 Å². The van der Waals surface area contributed by atoms with Crippen LogP contribution in [0.1, 0.15) is 63.5 Å². The van der Waals surface area contributed by atoms with Crippen molar-refractivity contribution in [1.29, 1.82) is 0 Å². The van der Waals surface area contributed by atoms with Crippen LogP contribution in [-0.2, 0) is 5.60 Å². The number of hydrogen-bond donors (Lipinski definition) is 1. The Labute approximate surface area is 105 Å². The zero-order valence-corrected chi connectivity index (χ0v) is 11.2. The predicted octanol–water partition coefficient (Wildman–Crippen LogP) is 4.21. The van der Waals surface area contributed by atoms with Crippen molar-refractivity contribution < 1.29 is 5.11 Å². The zero-order valence-electron chi connectivity index (χ0n) is 11.2. The van der Waals surface area contributed by atoms with E-state index in [1.54, 1.807) is 0 Å². The maximum atomic E-state index is 11.0. The highest BCUT2D eigenvalue weighted by Gasteiger charge is 2.40. The van der Waals surface area contributed by atoms with Gasteiger partial charge >= 0.3 is 0 Å². The summed E-state index contributed by atoms with van der Waals surface area (Å²) in [6, 6.07) is 8.45. The molecule has 0 heterocycles. The topological polar surface area (TPSA) is 20.2 Å². The second-order valence-corrected chi connectivity index (χ2v) is 5.64. The molecule has 17 heavy (non-hydrogen) atoms. The highest BCUT2D eigenvalue weighted by Crippen LogP contribution is 2.46. The quantitative estimate of drug-likeness (QED) is 0.827. The van der Waals surface area contributed by atoms with Gasteiger partial charge in [-0.05, 0) is 42.2 Å². The van der Waals surface area contributed by atoms with Crippen molar-refractivity contribution in [1.82, 2.24) is 0 Å². The Hall–Kier alpha value is -0.820. The van der Waals surface area contributed by atoms with E-state index in [1.807, 2.05) is 0 Å². The second kappa shape index (κ2) is 4.81. The lowest BCUT2D eigenvalue weighted by molar-refractivity contribution is -0.0384. The van der Waals surface area contributed by atoms with E-state index in [2.05, 4.69) is 45.0 Å². The molecule has 0 saturated carbocycles. The fourth-order valence-electron chi connectivity index (χ4n) is 3.23. The average molecular weight is 232 g/mol. The maximum Gasteiger partial charge on any atom is 0.0924 e. The molecule has 0 spiro atoms. The molecule has 0 aromatic heterocycles. The first-order chi connectivity index (χ1) is 8.09. The van der Waals surface area contributed by atoms with E-state index in [0.29, 0.717) is 11.8 Å². The summed E-state index contributed by atoms with van der Waals surface area (Å²) in [4.78, 5) is 0. The first-order valence-corrected chi connectivity index (χ1v) is 6.91. The van der Waals surface area contributed by atoms with Gasteiger partial charge in [-0.3, -0.25) is 0 Å². The Morgan fingerprint density at radius 3 is 2.82 bits per heavy atom. The van der Waals surface area contributed by atoms with Crippen LogP contribution in [0.5, 0.6) is 0 Å². The predicted molar refractivity (Wildman–Crippen MR) is 72.1 cm³/mol. The van der Waals surface area contributed by atoms with Gasteiger partial charge in [-0.25, -0.2) is 0 Å². The van der Waals surface area contributed by atoms with Crippen LogP contribution in [0.3, 0.4) is 0 Å². The van der Waals surface area contributed by atoms with E-state index >= 15 is 0 Å². The van der Waals surface area contributed by atoms with E-state index in [9.17, 15) is 5.11 Å². The van der Waals surface area contributed by atoms with Gasteiger partial charge in [0.1, 0.15) is 0 Å². The van der Waals surface area contributed by atoms with Gasteiger partial charge in [-0.2, -0.15) is 0 Å². The molecule has 1 N–H and O–H groups in total. The largest absolute Gasteiger partial charge is 0.385 e. The minimum atomic E-state index is -0.598. The molecule has 0 amide bonds. The standard InChI is InChI=1S/C16H24O/c1-4-7-13(3)16(17)11-10-12(2)14-8-5-6-9-15(14)16/h5-6,8-9,12-13,17H,4,7,10-11H2,1-3H3. The first-order valence-electron chi connectivity index (χ1n) is 6.91. The van der Waals surface area contributed by atoms with Crippen molar-refractivity contribution in [3.63, 3.8) is 0 Å². The summed E-state index contributed by atoms with van der Waals surface area (Å²) in [7, 11) is 0. The molecule has 1 aromatic rings. The highest BCUT2D eigenvalue weighted by atomic mass is 16.3. The van der Waals surface area contributed by atoms with Gasteiger partial charge < -0.3 is 5.11 Å². The molecule has 0 bridgehead atoms. The lowest BCUT2D eigenvalue weighted by Crippen LogP contribution is -2.37. The summed E-state index contributed by atoms with van der Waals surface area (Å²) < 4.78 is 0. The Kier molecular flexibility index (Phi) is 3.58. The van der Waals surface area contributed by atoms with Crippen molar-refractivity contribution in [2.24, 2.45) is 5.92 Å². The van der Waals surface area contributed by atoms with Crippen LogP contribution in [-0.4, -0.2) is 5.11 Å². The molecule has 3 atom stereocenters. The third-order valence-corrected chi connectivity index (χ3v) is 4.45. The molecule has 1 aliphatic rings. The van der Waals surface area contributed by atoms with Crippen LogP contribution in [0.15, 0.2) is 24.3 Å². The van der Waals surface area contributed by atoms with Crippen molar-refractivity contribution in [3.8, 4) is 0 Å². The number of fused-ring (bicyclic) bond motifs is 1. The van der Waals surface area contributed by atoms with Crippen molar-refractivity contribution >= 4 is 0 Å². The van der Waals surface area contributed by atoms with E-state index in [0.717, 1.165) is 25.7 Å². The maximum absolute atomic E-state index is 11.0. The molecule has 0 aliphatic heterocycles. The van der Waals surface area contributed by atoms with Crippen LogP contribution in [0.4, 0.5) is 0 Å². The number of hydrogen-bond acceptors (Lipinski definition) is 1.